The fourth-order valence-electron chi connectivity index (χ4n) is 2.61. The second-order valence-corrected chi connectivity index (χ2v) is 5.19. The van der Waals surface area contributed by atoms with Gasteiger partial charge in [0.05, 0.1) is 6.61 Å². The van der Waals surface area contributed by atoms with Crippen LogP contribution in [-0.2, 0) is 16.6 Å². The number of rotatable bonds is 4. The molecule has 2 rings (SSSR count). The first-order valence-corrected chi connectivity index (χ1v) is 7.10. The van der Waals surface area contributed by atoms with Gasteiger partial charge in [-0.3, -0.25) is 9.59 Å². The van der Waals surface area contributed by atoms with Crippen molar-refractivity contribution >= 4 is 17.7 Å². The van der Waals surface area contributed by atoms with Crippen molar-refractivity contribution in [3.05, 3.63) is 23.5 Å². The van der Waals surface area contributed by atoms with E-state index < -0.39 is 6.04 Å². The van der Waals surface area contributed by atoms with Crippen molar-refractivity contribution < 1.29 is 19.1 Å². The minimum Gasteiger partial charge on any atom is -0.464 e. The molecule has 1 aliphatic heterocycles. The van der Waals surface area contributed by atoms with E-state index in [4.69, 9.17) is 4.74 Å². The molecule has 1 aromatic rings. The third kappa shape index (κ3) is 2.99. The number of ether oxygens (including phenoxy) is 1. The van der Waals surface area contributed by atoms with Crippen LogP contribution in [0.1, 0.15) is 47.5 Å². The molecular formula is C15H20N2O4. The normalized spacial score (nSPS) is 17.9. The van der Waals surface area contributed by atoms with Crippen LogP contribution in [-0.4, -0.2) is 46.3 Å². The summed E-state index contributed by atoms with van der Waals surface area (Å²) >= 11 is 0. The highest BCUT2D eigenvalue weighted by Gasteiger charge is 2.36. The molecule has 114 valence electrons. The van der Waals surface area contributed by atoms with Crippen molar-refractivity contribution in [3.8, 4) is 0 Å². The molecule has 1 aliphatic rings. The van der Waals surface area contributed by atoms with E-state index in [0.29, 0.717) is 30.8 Å². The molecule has 0 bridgehead atoms. The minimum atomic E-state index is -0.520. The van der Waals surface area contributed by atoms with Gasteiger partial charge in [-0.1, -0.05) is 0 Å². The van der Waals surface area contributed by atoms with Crippen molar-refractivity contribution in [2.24, 2.45) is 7.05 Å². The van der Waals surface area contributed by atoms with Gasteiger partial charge in [0.2, 0.25) is 0 Å². The van der Waals surface area contributed by atoms with Crippen LogP contribution < -0.4 is 0 Å². The maximum atomic E-state index is 12.6. The van der Waals surface area contributed by atoms with Gasteiger partial charge in [0.15, 0.2) is 5.78 Å². The molecule has 0 aromatic carbocycles. The predicted octanol–water partition coefficient (Wildman–Crippen LogP) is 1.40. The Morgan fingerprint density at radius 1 is 1.38 bits per heavy atom. The molecule has 0 spiro atoms. The Labute approximate surface area is 123 Å². The molecule has 6 nitrogen and oxygen atoms in total. The lowest BCUT2D eigenvalue weighted by atomic mass is 10.2. The highest BCUT2D eigenvalue weighted by Crippen LogP contribution is 2.22. The molecule has 1 amide bonds. The summed E-state index contributed by atoms with van der Waals surface area (Å²) in [5.41, 5.74) is 0.907. The molecule has 21 heavy (non-hydrogen) atoms. The molecule has 6 heteroatoms. The van der Waals surface area contributed by atoms with E-state index in [1.165, 1.54) is 11.8 Å². The first-order chi connectivity index (χ1) is 9.95. The third-order valence-corrected chi connectivity index (χ3v) is 3.70. The quantitative estimate of drug-likeness (QED) is 0.621. The minimum absolute atomic E-state index is 0.0898. The first kappa shape index (κ1) is 15.3. The van der Waals surface area contributed by atoms with E-state index in [-0.39, 0.29) is 17.7 Å². The summed E-state index contributed by atoms with van der Waals surface area (Å²) in [6, 6.07) is 1.05. The smallest absolute Gasteiger partial charge is 0.328 e. The van der Waals surface area contributed by atoms with E-state index >= 15 is 0 Å². The van der Waals surface area contributed by atoms with Gasteiger partial charge >= 0.3 is 5.97 Å². The maximum Gasteiger partial charge on any atom is 0.328 e. The van der Waals surface area contributed by atoms with Crippen LogP contribution in [0.2, 0.25) is 0 Å². The molecule has 1 aromatic heterocycles. The van der Waals surface area contributed by atoms with Crippen molar-refractivity contribution in [1.82, 2.24) is 9.47 Å². The monoisotopic (exact) mass is 292 g/mol. The van der Waals surface area contributed by atoms with Crippen LogP contribution in [0.5, 0.6) is 0 Å². The molecule has 0 radical (unpaired) electrons. The Hall–Kier alpha value is -2.11. The number of nitrogens with zero attached hydrogens (tertiary/aromatic N) is 2. The largest absolute Gasteiger partial charge is 0.464 e. The number of esters is 1. The third-order valence-electron chi connectivity index (χ3n) is 3.70. The van der Waals surface area contributed by atoms with Gasteiger partial charge in [-0.2, -0.15) is 0 Å². The van der Waals surface area contributed by atoms with E-state index in [1.807, 2.05) is 0 Å². The zero-order chi connectivity index (χ0) is 15.6. The first-order valence-electron chi connectivity index (χ1n) is 7.10. The van der Waals surface area contributed by atoms with Crippen LogP contribution in [0.4, 0.5) is 0 Å². The van der Waals surface area contributed by atoms with Crippen molar-refractivity contribution in [2.75, 3.05) is 13.2 Å². The summed E-state index contributed by atoms with van der Waals surface area (Å²) in [4.78, 5) is 37.5. The molecule has 0 aliphatic carbocycles. The number of carbonyl (C=O) groups excluding carboxylic acids is 3. The van der Waals surface area contributed by atoms with Crippen molar-refractivity contribution in [3.63, 3.8) is 0 Å². The number of aromatic nitrogens is 1. The molecular weight excluding hydrogens is 272 g/mol. The van der Waals surface area contributed by atoms with Crippen molar-refractivity contribution in [2.45, 2.75) is 32.7 Å². The molecule has 1 saturated heterocycles. The summed E-state index contributed by atoms with van der Waals surface area (Å²) in [5.74, 6) is -0.682. The fraction of sp³-hybridized carbons (Fsp3) is 0.533. The van der Waals surface area contributed by atoms with Crippen LogP contribution in [0.15, 0.2) is 12.3 Å². The van der Waals surface area contributed by atoms with Gasteiger partial charge in [-0.05, 0) is 32.8 Å². The van der Waals surface area contributed by atoms with E-state index in [1.54, 1.807) is 30.8 Å². The van der Waals surface area contributed by atoms with Crippen LogP contribution in [0.3, 0.4) is 0 Å². The molecule has 1 fully saturated rings. The van der Waals surface area contributed by atoms with Crippen LogP contribution in [0, 0.1) is 0 Å². The van der Waals surface area contributed by atoms with E-state index in [2.05, 4.69) is 0 Å². The average molecular weight is 292 g/mol. The van der Waals surface area contributed by atoms with Gasteiger partial charge < -0.3 is 14.2 Å². The van der Waals surface area contributed by atoms with Gasteiger partial charge in [0.1, 0.15) is 11.7 Å². The topological polar surface area (TPSA) is 68.6 Å². The van der Waals surface area contributed by atoms with Gasteiger partial charge in [-0.15, -0.1) is 0 Å². The number of likely N-dealkylation sites (tertiary alicyclic amines) is 1. The molecule has 0 N–H and O–H groups in total. The van der Waals surface area contributed by atoms with E-state index in [9.17, 15) is 14.4 Å². The molecule has 0 saturated carbocycles. The number of amides is 1. The Morgan fingerprint density at radius 3 is 2.67 bits per heavy atom. The Morgan fingerprint density at radius 2 is 2.10 bits per heavy atom. The predicted molar refractivity (Wildman–Crippen MR) is 76.1 cm³/mol. The number of hydrogen-bond donors (Lipinski definition) is 0. The van der Waals surface area contributed by atoms with Gasteiger partial charge in [0, 0.05) is 25.4 Å². The Balaban J connectivity index is 2.22. The lowest BCUT2D eigenvalue weighted by Crippen LogP contribution is -2.42. The van der Waals surface area contributed by atoms with Crippen LogP contribution in [0.25, 0.3) is 0 Å². The second kappa shape index (κ2) is 6.11. The summed E-state index contributed by atoms with van der Waals surface area (Å²) < 4.78 is 6.65. The second-order valence-electron chi connectivity index (χ2n) is 5.19. The van der Waals surface area contributed by atoms with E-state index in [0.717, 1.165) is 6.42 Å². The standard InChI is InChI=1S/C15H20N2O4/c1-4-21-15(20)12-6-5-7-17(12)14(19)13-8-11(10(2)18)9-16(13)3/h8-9,12H,4-7H2,1-3H3. The number of hydrogen-bond acceptors (Lipinski definition) is 4. The van der Waals surface area contributed by atoms with Crippen molar-refractivity contribution in [1.29, 1.82) is 0 Å². The number of carbonyl (C=O) groups is 3. The number of ketones is 1. The molecule has 1 unspecified atom stereocenters. The zero-order valence-electron chi connectivity index (χ0n) is 12.6. The summed E-state index contributed by atoms with van der Waals surface area (Å²) in [6.45, 7) is 4.04. The number of aryl methyl sites for hydroxylation is 1. The Bertz CT molecular complexity index is 576. The summed E-state index contributed by atoms with van der Waals surface area (Å²) in [6.07, 6.45) is 3.03. The molecule has 2 heterocycles. The summed E-state index contributed by atoms with van der Waals surface area (Å²) in [5, 5.41) is 0. The Kier molecular flexibility index (Phi) is 4.45. The molecule has 1 atom stereocenters. The average Bonchev–Trinajstić information content (AvgIpc) is 3.04. The van der Waals surface area contributed by atoms with Gasteiger partial charge in [0.25, 0.3) is 5.91 Å². The highest BCUT2D eigenvalue weighted by molar-refractivity contribution is 6.00. The number of Topliss-reactive ketones (excluding diaryl/α,β-unsaturated/α-hetero) is 1. The fourth-order valence-corrected chi connectivity index (χ4v) is 2.61. The van der Waals surface area contributed by atoms with Crippen LogP contribution >= 0.6 is 0 Å². The highest BCUT2D eigenvalue weighted by atomic mass is 16.5. The SMILES string of the molecule is CCOC(=O)C1CCCN1C(=O)c1cc(C(C)=O)cn1C. The zero-order valence-corrected chi connectivity index (χ0v) is 12.6. The summed E-state index contributed by atoms with van der Waals surface area (Å²) in [7, 11) is 1.72. The maximum absolute atomic E-state index is 12.6. The van der Waals surface area contributed by atoms with Gasteiger partial charge in [-0.25, -0.2) is 4.79 Å². The lowest BCUT2D eigenvalue weighted by Gasteiger charge is -2.23. The lowest BCUT2D eigenvalue weighted by molar-refractivity contribution is -0.147.